The van der Waals surface area contributed by atoms with Crippen molar-refractivity contribution in [2.24, 2.45) is 11.7 Å². The number of carbonyl (C=O) groups excluding carboxylic acids is 1. The van der Waals surface area contributed by atoms with Crippen molar-refractivity contribution >= 4 is 5.91 Å². The van der Waals surface area contributed by atoms with E-state index in [0.29, 0.717) is 0 Å². The van der Waals surface area contributed by atoms with Gasteiger partial charge in [-0.2, -0.15) is 0 Å². The molecule has 0 saturated carbocycles. The number of benzene rings is 1. The topological polar surface area (TPSA) is 43.1 Å². The summed E-state index contributed by atoms with van der Waals surface area (Å²) in [7, 11) is 0. The Balaban J connectivity index is 2.30. The Hall–Kier alpha value is -1.31. The van der Waals surface area contributed by atoms with Gasteiger partial charge in [0.15, 0.2) is 0 Å². The van der Waals surface area contributed by atoms with Crippen LogP contribution in [0.15, 0.2) is 30.3 Å². The Bertz CT molecular complexity index is 295. The molecule has 0 aliphatic carbocycles. The van der Waals surface area contributed by atoms with E-state index in [1.165, 1.54) is 5.56 Å². The van der Waals surface area contributed by atoms with Crippen molar-refractivity contribution in [1.29, 1.82) is 0 Å². The number of primary amides is 1. The number of hydrogen-bond donors (Lipinski definition) is 1. The van der Waals surface area contributed by atoms with Crippen LogP contribution < -0.4 is 5.73 Å². The molecule has 1 amide bonds. The van der Waals surface area contributed by atoms with E-state index >= 15 is 0 Å². The molecule has 0 radical (unpaired) electrons. The standard InChI is InChI=1S/C13H19NO/c1-2-12(13(14)15)10-6-9-11-7-4-3-5-8-11/h3-5,7-8,12H,2,6,9-10H2,1H3,(H2,14,15). The molecule has 1 rings (SSSR count). The first-order chi connectivity index (χ1) is 7.24. The summed E-state index contributed by atoms with van der Waals surface area (Å²) >= 11 is 0. The number of hydrogen-bond acceptors (Lipinski definition) is 1. The molecule has 0 aromatic heterocycles. The van der Waals surface area contributed by atoms with E-state index in [0.717, 1.165) is 25.7 Å². The van der Waals surface area contributed by atoms with Crippen molar-refractivity contribution in [2.45, 2.75) is 32.6 Å². The Morgan fingerprint density at radius 1 is 1.33 bits per heavy atom. The van der Waals surface area contributed by atoms with Gasteiger partial charge in [-0.1, -0.05) is 37.3 Å². The Kier molecular flexibility index (Phi) is 4.88. The molecule has 1 unspecified atom stereocenters. The maximum absolute atomic E-state index is 11.0. The van der Waals surface area contributed by atoms with E-state index in [-0.39, 0.29) is 11.8 Å². The fourth-order valence-corrected chi connectivity index (χ4v) is 1.74. The summed E-state index contributed by atoms with van der Waals surface area (Å²) in [6.07, 6.45) is 3.82. The molecule has 1 aromatic rings. The predicted molar refractivity (Wildman–Crippen MR) is 62.4 cm³/mol. The minimum Gasteiger partial charge on any atom is -0.369 e. The maximum Gasteiger partial charge on any atom is 0.220 e. The lowest BCUT2D eigenvalue weighted by molar-refractivity contribution is -0.122. The van der Waals surface area contributed by atoms with Crippen LogP contribution in [-0.2, 0) is 11.2 Å². The first-order valence-corrected chi connectivity index (χ1v) is 5.57. The summed E-state index contributed by atoms with van der Waals surface area (Å²) in [5.74, 6) is -0.112. The van der Waals surface area contributed by atoms with Gasteiger partial charge in [0.1, 0.15) is 0 Å². The third-order valence-electron chi connectivity index (χ3n) is 2.76. The molecule has 2 heteroatoms. The van der Waals surface area contributed by atoms with Gasteiger partial charge < -0.3 is 5.73 Å². The maximum atomic E-state index is 11.0. The number of carbonyl (C=O) groups is 1. The van der Waals surface area contributed by atoms with Gasteiger partial charge in [-0.3, -0.25) is 4.79 Å². The third-order valence-corrected chi connectivity index (χ3v) is 2.76. The second kappa shape index (κ2) is 6.23. The summed E-state index contributed by atoms with van der Waals surface area (Å²) in [4.78, 5) is 11.0. The molecule has 0 bridgehead atoms. The lowest BCUT2D eigenvalue weighted by atomic mass is 9.97. The van der Waals surface area contributed by atoms with Crippen LogP contribution in [0.3, 0.4) is 0 Å². The van der Waals surface area contributed by atoms with E-state index in [1.54, 1.807) is 0 Å². The second-order valence-electron chi connectivity index (χ2n) is 3.89. The zero-order chi connectivity index (χ0) is 11.1. The largest absolute Gasteiger partial charge is 0.369 e. The molecule has 0 spiro atoms. The second-order valence-corrected chi connectivity index (χ2v) is 3.89. The third kappa shape index (κ3) is 4.15. The van der Waals surface area contributed by atoms with Crippen LogP contribution in [0.25, 0.3) is 0 Å². The predicted octanol–water partition coefficient (Wildman–Crippen LogP) is 2.52. The Morgan fingerprint density at radius 2 is 2.00 bits per heavy atom. The highest BCUT2D eigenvalue weighted by Crippen LogP contribution is 2.13. The van der Waals surface area contributed by atoms with Crippen LogP contribution in [-0.4, -0.2) is 5.91 Å². The lowest BCUT2D eigenvalue weighted by Crippen LogP contribution is -2.22. The molecule has 0 heterocycles. The number of amides is 1. The smallest absolute Gasteiger partial charge is 0.220 e. The minimum absolute atomic E-state index is 0.0497. The molecule has 0 fully saturated rings. The van der Waals surface area contributed by atoms with Crippen LogP contribution in [0.4, 0.5) is 0 Å². The summed E-state index contributed by atoms with van der Waals surface area (Å²) in [6.45, 7) is 2.01. The summed E-state index contributed by atoms with van der Waals surface area (Å²) in [6, 6.07) is 10.3. The number of aryl methyl sites for hydroxylation is 1. The normalized spacial score (nSPS) is 12.3. The van der Waals surface area contributed by atoms with Gasteiger partial charge in [0, 0.05) is 5.92 Å². The molecule has 2 N–H and O–H groups in total. The van der Waals surface area contributed by atoms with Gasteiger partial charge >= 0.3 is 0 Å². The van der Waals surface area contributed by atoms with Crippen molar-refractivity contribution in [1.82, 2.24) is 0 Å². The van der Waals surface area contributed by atoms with Gasteiger partial charge in [-0.25, -0.2) is 0 Å². The van der Waals surface area contributed by atoms with E-state index in [9.17, 15) is 4.79 Å². The van der Waals surface area contributed by atoms with Crippen molar-refractivity contribution in [3.63, 3.8) is 0 Å². The van der Waals surface area contributed by atoms with E-state index < -0.39 is 0 Å². The Labute approximate surface area is 91.5 Å². The summed E-state index contributed by atoms with van der Waals surface area (Å²) < 4.78 is 0. The average molecular weight is 205 g/mol. The molecule has 0 saturated heterocycles. The van der Waals surface area contributed by atoms with Gasteiger partial charge in [-0.15, -0.1) is 0 Å². The number of rotatable bonds is 6. The molecule has 1 aromatic carbocycles. The first-order valence-electron chi connectivity index (χ1n) is 5.57. The Morgan fingerprint density at radius 3 is 2.53 bits per heavy atom. The van der Waals surface area contributed by atoms with Crippen LogP contribution >= 0.6 is 0 Å². The molecule has 0 aliphatic heterocycles. The highest BCUT2D eigenvalue weighted by molar-refractivity contribution is 5.76. The van der Waals surface area contributed by atoms with E-state index in [4.69, 9.17) is 5.73 Å². The van der Waals surface area contributed by atoms with Gasteiger partial charge in [0.05, 0.1) is 0 Å². The zero-order valence-electron chi connectivity index (χ0n) is 9.28. The average Bonchev–Trinajstić information content (AvgIpc) is 2.25. The van der Waals surface area contributed by atoms with Gasteiger partial charge in [0.25, 0.3) is 0 Å². The van der Waals surface area contributed by atoms with Crippen LogP contribution in [0.2, 0.25) is 0 Å². The molecular weight excluding hydrogens is 186 g/mol. The highest BCUT2D eigenvalue weighted by atomic mass is 16.1. The molecular formula is C13H19NO. The van der Waals surface area contributed by atoms with Crippen molar-refractivity contribution in [2.75, 3.05) is 0 Å². The molecule has 82 valence electrons. The fraction of sp³-hybridized carbons (Fsp3) is 0.462. The van der Waals surface area contributed by atoms with Crippen molar-refractivity contribution in [3.8, 4) is 0 Å². The van der Waals surface area contributed by atoms with Crippen LogP contribution in [0.1, 0.15) is 31.7 Å². The SMILES string of the molecule is CCC(CCCc1ccccc1)C(N)=O. The van der Waals surface area contributed by atoms with Gasteiger partial charge in [-0.05, 0) is 31.2 Å². The number of nitrogens with two attached hydrogens (primary N) is 1. The van der Waals surface area contributed by atoms with Gasteiger partial charge in [0.2, 0.25) is 5.91 Å². The van der Waals surface area contributed by atoms with Crippen LogP contribution in [0, 0.1) is 5.92 Å². The van der Waals surface area contributed by atoms with E-state index in [2.05, 4.69) is 12.1 Å². The molecule has 1 atom stereocenters. The minimum atomic E-state index is -0.162. The first kappa shape index (κ1) is 11.8. The quantitative estimate of drug-likeness (QED) is 0.762. The molecule has 2 nitrogen and oxygen atoms in total. The monoisotopic (exact) mass is 205 g/mol. The zero-order valence-corrected chi connectivity index (χ0v) is 9.28. The van der Waals surface area contributed by atoms with E-state index in [1.807, 2.05) is 25.1 Å². The highest BCUT2D eigenvalue weighted by Gasteiger charge is 2.11. The molecule has 15 heavy (non-hydrogen) atoms. The lowest BCUT2D eigenvalue weighted by Gasteiger charge is -2.09. The van der Waals surface area contributed by atoms with Crippen molar-refractivity contribution < 1.29 is 4.79 Å². The summed E-state index contributed by atoms with van der Waals surface area (Å²) in [5, 5.41) is 0. The fourth-order valence-electron chi connectivity index (χ4n) is 1.74. The van der Waals surface area contributed by atoms with Crippen molar-refractivity contribution in [3.05, 3.63) is 35.9 Å². The van der Waals surface area contributed by atoms with Crippen LogP contribution in [0.5, 0.6) is 0 Å². The summed E-state index contributed by atoms with van der Waals surface area (Å²) in [5.41, 5.74) is 6.62. The molecule has 0 aliphatic rings.